The predicted molar refractivity (Wildman–Crippen MR) is 86.2 cm³/mol. The van der Waals surface area contributed by atoms with Gasteiger partial charge < -0.3 is 5.32 Å². The Hall–Kier alpha value is -1.14. The van der Waals surface area contributed by atoms with Crippen LogP contribution < -0.4 is 5.32 Å². The van der Waals surface area contributed by atoms with E-state index in [1.807, 2.05) is 18.3 Å². The fourth-order valence-electron chi connectivity index (χ4n) is 2.36. The predicted octanol–water partition coefficient (Wildman–Crippen LogP) is 3.02. The summed E-state index contributed by atoms with van der Waals surface area (Å²) in [5, 5.41) is 7.70. The molecule has 0 aliphatic heterocycles. The molecule has 2 aromatic rings. The molecule has 2 aromatic heterocycles. The average molecular weight is 340 g/mol. The number of hydrogen-bond donors (Lipinski definition) is 1. The summed E-state index contributed by atoms with van der Waals surface area (Å²) < 4.78 is 2.72. The highest BCUT2D eigenvalue weighted by atomic mass is 79.9. The molecule has 0 spiro atoms. The molecule has 6 heteroatoms. The Balaban J connectivity index is 1.97. The van der Waals surface area contributed by atoms with Crippen molar-refractivity contribution in [2.45, 2.75) is 39.8 Å². The van der Waals surface area contributed by atoms with Crippen molar-refractivity contribution in [3.05, 3.63) is 22.8 Å². The minimum atomic E-state index is 0.542. The topological polar surface area (TPSA) is 45.5 Å². The van der Waals surface area contributed by atoms with Gasteiger partial charge in [0.05, 0.1) is 4.47 Å². The molecule has 0 bridgehead atoms. The Kier molecular flexibility index (Phi) is 4.99. The van der Waals surface area contributed by atoms with Crippen molar-refractivity contribution in [2.24, 2.45) is 0 Å². The molecule has 0 unspecified atom stereocenters. The van der Waals surface area contributed by atoms with Crippen LogP contribution in [0.5, 0.6) is 0 Å². The van der Waals surface area contributed by atoms with Crippen LogP contribution >= 0.6 is 15.9 Å². The molecule has 110 valence electrons. The van der Waals surface area contributed by atoms with E-state index in [1.165, 1.54) is 0 Å². The standard InChI is InChI=1S/C14H22BrN5/c1-10(2)19(11(3)4)9-7-16-14-17-13-12(15)6-5-8-20(13)18-14/h5-6,8,10-11H,7,9H2,1-4H3,(H,16,18). The number of anilines is 1. The number of pyridine rings is 1. The van der Waals surface area contributed by atoms with Crippen molar-refractivity contribution in [1.29, 1.82) is 0 Å². The van der Waals surface area contributed by atoms with Gasteiger partial charge in [0.15, 0.2) is 5.65 Å². The number of fused-ring (bicyclic) bond motifs is 1. The SMILES string of the molecule is CC(C)N(CCNc1nc2c(Br)cccn2n1)C(C)C. The van der Waals surface area contributed by atoms with Gasteiger partial charge >= 0.3 is 0 Å². The van der Waals surface area contributed by atoms with Crippen molar-refractivity contribution in [1.82, 2.24) is 19.5 Å². The first-order valence-electron chi connectivity index (χ1n) is 6.99. The Bertz CT molecular complexity index is 556. The van der Waals surface area contributed by atoms with E-state index in [4.69, 9.17) is 0 Å². The lowest BCUT2D eigenvalue weighted by Crippen LogP contribution is -2.40. The van der Waals surface area contributed by atoms with E-state index < -0.39 is 0 Å². The largest absolute Gasteiger partial charge is 0.352 e. The second-order valence-electron chi connectivity index (χ2n) is 5.41. The highest BCUT2D eigenvalue weighted by Gasteiger charge is 2.13. The van der Waals surface area contributed by atoms with E-state index in [-0.39, 0.29) is 0 Å². The van der Waals surface area contributed by atoms with Crippen LogP contribution in [0.4, 0.5) is 5.95 Å². The minimum absolute atomic E-state index is 0.542. The molecule has 2 heterocycles. The number of rotatable bonds is 6. The van der Waals surface area contributed by atoms with Gasteiger partial charge in [0, 0.05) is 31.4 Å². The maximum Gasteiger partial charge on any atom is 0.243 e. The Morgan fingerprint density at radius 2 is 2.00 bits per heavy atom. The van der Waals surface area contributed by atoms with Gasteiger partial charge in [-0.25, -0.2) is 4.52 Å². The zero-order chi connectivity index (χ0) is 14.7. The lowest BCUT2D eigenvalue weighted by Gasteiger charge is -2.30. The fourth-order valence-corrected chi connectivity index (χ4v) is 2.78. The Labute approximate surface area is 128 Å². The maximum absolute atomic E-state index is 4.47. The van der Waals surface area contributed by atoms with E-state index in [2.05, 4.69) is 63.9 Å². The molecular weight excluding hydrogens is 318 g/mol. The summed E-state index contributed by atoms with van der Waals surface area (Å²) >= 11 is 3.48. The molecule has 5 nitrogen and oxygen atoms in total. The Morgan fingerprint density at radius 3 is 2.60 bits per heavy atom. The van der Waals surface area contributed by atoms with Crippen LogP contribution in [0.15, 0.2) is 22.8 Å². The van der Waals surface area contributed by atoms with Crippen molar-refractivity contribution < 1.29 is 0 Å². The first-order chi connectivity index (χ1) is 9.49. The third-order valence-electron chi connectivity index (χ3n) is 3.29. The molecule has 1 N–H and O–H groups in total. The van der Waals surface area contributed by atoms with Crippen LogP contribution in [-0.2, 0) is 0 Å². The van der Waals surface area contributed by atoms with Gasteiger partial charge in [-0.1, -0.05) is 0 Å². The maximum atomic E-state index is 4.47. The van der Waals surface area contributed by atoms with Gasteiger partial charge in [0.2, 0.25) is 5.95 Å². The molecule has 0 aliphatic rings. The van der Waals surface area contributed by atoms with E-state index in [1.54, 1.807) is 4.52 Å². The van der Waals surface area contributed by atoms with Crippen molar-refractivity contribution >= 4 is 27.5 Å². The van der Waals surface area contributed by atoms with Crippen LogP contribution in [-0.4, -0.2) is 44.7 Å². The second-order valence-corrected chi connectivity index (χ2v) is 6.27. The first-order valence-corrected chi connectivity index (χ1v) is 7.79. The molecule has 0 atom stereocenters. The van der Waals surface area contributed by atoms with Gasteiger partial charge in [-0.15, -0.1) is 5.10 Å². The number of nitrogens with one attached hydrogen (secondary N) is 1. The summed E-state index contributed by atoms with van der Waals surface area (Å²) in [6.45, 7) is 10.7. The van der Waals surface area contributed by atoms with Gasteiger partial charge in [-0.2, -0.15) is 4.98 Å². The lowest BCUT2D eigenvalue weighted by molar-refractivity contribution is 0.182. The minimum Gasteiger partial charge on any atom is -0.352 e. The van der Waals surface area contributed by atoms with E-state index in [0.717, 1.165) is 23.2 Å². The molecule has 0 aromatic carbocycles. The summed E-state index contributed by atoms with van der Waals surface area (Å²) in [4.78, 5) is 6.92. The molecule has 0 aliphatic carbocycles. The van der Waals surface area contributed by atoms with E-state index >= 15 is 0 Å². The number of halogens is 1. The normalized spacial score (nSPS) is 12.0. The van der Waals surface area contributed by atoms with E-state index in [0.29, 0.717) is 18.0 Å². The smallest absolute Gasteiger partial charge is 0.243 e. The summed E-state index contributed by atoms with van der Waals surface area (Å²) in [7, 11) is 0. The van der Waals surface area contributed by atoms with Gasteiger partial charge in [-0.3, -0.25) is 4.90 Å². The van der Waals surface area contributed by atoms with Gasteiger partial charge in [0.1, 0.15) is 0 Å². The molecule has 20 heavy (non-hydrogen) atoms. The van der Waals surface area contributed by atoms with Gasteiger partial charge in [-0.05, 0) is 55.8 Å². The Morgan fingerprint density at radius 1 is 1.30 bits per heavy atom. The molecule has 0 saturated heterocycles. The molecule has 2 rings (SSSR count). The number of aromatic nitrogens is 3. The summed E-state index contributed by atoms with van der Waals surface area (Å²) in [5.41, 5.74) is 0.833. The summed E-state index contributed by atoms with van der Waals surface area (Å²) in [6, 6.07) is 4.99. The fraction of sp³-hybridized carbons (Fsp3) is 0.571. The molecule has 0 fully saturated rings. The van der Waals surface area contributed by atoms with Gasteiger partial charge in [0.25, 0.3) is 0 Å². The quantitative estimate of drug-likeness (QED) is 0.878. The van der Waals surface area contributed by atoms with Crippen LogP contribution in [0.25, 0.3) is 5.65 Å². The number of nitrogens with zero attached hydrogens (tertiary/aromatic N) is 4. The third-order valence-corrected chi connectivity index (χ3v) is 3.91. The average Bonchev–Trinajstić information content (AvgIpc) is 2.78. The zero-order valence-corrected chi connectivity index (χ0v) is 14.1. The van der Waals surface area contributed by atoms with Crippen LogP contribution in [0.3, 0.4) is 0 Å². The van der Waals surface area contributed by atoms with Crippen LogP contribution in [0.1, 0.15) is 27.7 Å². The van der Waals surface area contributed by atoms with Crippen LogP contribution in [0.2, 0.25) is 0 Å². The molecule has 0 saturated carbocycles. The highest BCUT2D eigenvalue weighted by Crippen LogP contribution is 2.16. The zero-order valence-electron chi connectivity index (χ0n) is 12.5. The second kappa shape index (κ2) is 6.54. The van der Waals surface area contributed by atoms with Crippen molar-refractivity contribution in [2.75, 3.05) is 18.4 Å². The van der Waals surface area contributed by atoms with Crippen LogP contribution in [0, 0.1) is 0 Å². The highest BCUT2D eigenvalue weighted by molar-refractivity contribution is 9.10. The van der Waals surface area contributed by atoms with Crippen molar-refractivity contribution in [3.63, 3.8) is 0 Å². The summed E-state index contributed by atoms with van der Waals surface area (Å²) in [5.74, 6) is 0.671. The van der Waals surface area contributed by atoms with Crippen molar-refractivity contribution in [3.8, 4) is 0 Å². The number of hydrogen-bond acceptors (Lipinski definition) is 4. The summed E-state index contributed by atoms with van der Waals surface area (Å²) in [6.07, 6.45) is 1.90. The van der Waals surface area contributed by atoms with E-state index in [9.17, 15) is 0 Å². The third kappa shape index (κ3) is 3.49. The monoisotopic (exact) mass is 339 g/mol. The molecule has 0 amide bonds. The lowest BCUT2D eigenvalue weighted by atomic mass is 10.2. The molecular formula is C14H22BrN5. The molecule has 0 radical (unpaired) electrons. The first kappa shape index (κ1) is 15.3.